The second kappa shape index (κ2) is 6.29. The summed E-state index contributed by atoms with van der Waals surface area (Å²) >= 11 is 5.03. The van der Waals surface area contributed by atoms with Crippen molar-refractivity contribution in [2.45, 2.75) is 19.3 Å². The van der Waals surface area contributed by atoms with Crippen LogP contribution in [0.4, 0.5) is 0 Å². The standard InChI is InChI=1S/C15H18BrNO4S/c16-11-5-12(22-8-11)1-2-13(18)17-6-10-7-21-4-3-15(10,9-17)14(19)20/h5,8,10H,1-4,6-7,9H2,(H,19,20)/t10-,15+/m0/s1. The van der Waals surface area contributed by atoms with Crippen LogP contribution in [0.2, 0.25) is 0 Å². The van der Waals surface area contributed by atoms with E-state index >= 15 is 0 Å². The van der Waals surface area contributed by atoms with E-state index in [-0.39, 0.29) is 11.8 Å². The Balaban J connectivity index is 1.63. The largest absolute Gasteiger partial charge is 0.481 e. The van der Waals surface area contributed by atoms with Gasteiger partial charge in [-0.2, -0.15) is 0 Å². The van der Waals surface area contributed by atoms with Crippen LogP contribution >= 0.6 is 27.3 Å². The van der Waals surface area contributed by atoms with Crippen molar-refractivity contribution in [3.63, 3.8) is 0 Å². The maximum absolute atomic E-state index is 12.4. The van der Waals surface area contributed by atoms with Crippen molar-refractivity contribution in [1.29, 1.82) is 0 Å². The van der Waals surface area contributed by atoms with Crippen LogP contribution in [-0.4, -0.2) is 48.2 Å². The van der Waals surface area contributed by atoms with E-state index in [1.807, 2.05) is 11.4 Å². The van der Waals surface area contributed by atoms with Gasteiger partial charge < -0.3 is 14.7 Å². The number of carbonyl (C=O) groups excluding carboxylic acids is 1. The third-order valence-corrected chi connectivity index (χ3v) is 6.45. The van der Waals surface area contributed by atoms with E-state index in [2.05, 4.69) is 15.9 Å². The average Bonchev–Trinajstić information content (AvgIpc) is 3.08. The fourth-order valence-electron chi connectivity index (χ4n) is 3.36. The van der Waals surface area contributed by atoms with E-state index in [1.54, 1.807) is 16.2 Å². The second-order valence-electron chi connectivity index (χ2n) is 5.99. The summed E-state index contributed by atoms with van der Waals surface area (Å²) in [5.41, 5.74) is -0.806. The van der Waals surface area contributed by atoms with Gasteiger partial charge in [0.15, 0.2) is 0 Å². The highest BCUT2D eigenvalue weighted by Gasteiger charge is 2.54. The van der Waals surface area contributed by atoms with Crippen LogP contribution in [0, 0.1) is 11.3 Å². The lowest BCUT2D eigenvalue weighted by molar-refractivity contribution is -0.157. The van der Waals surface area contributed by atoms with Crippen LogP contribution in [0.1, 0.15) is 17.7 Å². The minimum absolute atomic E-state index is 0.0412. The number of rotatable bonds is 4. The summed E-state index contributed by atoms with van der Waals surface area (Å²) in [6.07, 6.45) is 1.62. The fourth-order valence-corrected chi connectivity index (χ4v) is 4.82. The predicted octanol–water partition coefficient (Wildman–Crippen LogP) is 2.39. The summed E-state index contributed by atoms with van der Waals surface area (Å²) in [5, 5.41) is 11.6. The van der Waals surface area contributed by atoms with Crippen LogP contribution in [0.25, 0.3) is 0 Å². The van der Waals surface area contributed by atoms with Gasteiger partial charge in [0, 0.05) is 46.8 Å². The van der Waals surface area contributed by atoms with Gasteiger partial charge in [0.2, 0.25) is 5.91 Å². The molecule has 22 heavy (non-hydrogen) atoms. The highest BCUT2D eigenvalue weighted by molar-refractivity contribution is 9.10. The maximum atomic E-state index is 12.4. The third kappa shape index (κ3) is 2.94. The average molecular weight is 388 g/mol. The molecule has 2 atom stereocenters. The molecule has 2 fully saturated rings. The van der Waals surface area contributed by atoms with Crippen LogP contribution in [-0.2, 0) is 20.7 Å². The summed E-state index contributed by atoms with van der Waals surface area (Å²) in [7, 11) is 0. The number of hydrogen-bond acceptors (Lipinski definition) is 4. The molecular formula is C15H18BrNO4S. The van der Waals surface area contributed by atoms with E-state index < -0.39 is 11.4 Å². The molecule has 120 valence electrons. The van der Waals surface area contributed by atoms with Gasteiger partial charge in [-0.1, -0.05) is 0 Å². The molecule has 0 unspecified atom stereocenters. The van der Waals surface area contributed by atoms with E-state index in [4.69, 9.17) is 4.74 Å². The Labute approximate surface area is 141 Å². The molecule has 1 aromatic heterocycles. The number of thiophene rings is 1. The molecule has 1 amide bonds. The molecule has 2 aliphatic heterocycles. The number of hydrogen-bond donors (Lipinski definition) is 1. The Morgan fingerprint density at radius 2 is 2.36 bits per heavy atom. The van der Waals surface area contributed by atoms with Gasteiger partial charge in [0.1, 0.15) is 0 Å². The number of carboxylic acids is 1. The lowest BCUT2D eigenvalue weighted by atomic mass is 9.74. The molecule has 3 rings (SSSR count). The first-order valence-corrected chi connectivity index (χ1v) is 9.00. The summed E-state index contributed by atoms with van der Waals surface area (Å²) in [4.78, 5) is 27.0. The number of ether oxygens (including phenoxy) is 1. The molecule has 0 aromatic carbocycles. The number of carbonyl (C=O) groups is 2. The molecule has 5 nitrogen and oxygen atoms in total. The van der Waals surface area contributed by atoms with Crippen molar-refractivity contribution in [3.05, 3.63) is 20.8 Å². The minimum Gasteiger partial charge on any atom is -0.481 e. The number of carboxylic acid groups (broad SMARTS) is 1. The topological polar surface area (TPSA) is 66.8 Å². The first-order chi connectivity index (χ1) is 10.5. The molecule has 0 radical (unpaired) electrons. The van der Waals surface area contributed by atoms with Gasteiger partial charge >= 0.3 is 5.97 Å². The number of amides is 1. The minimum atomic E-state index is -0.806. The number of nitrogens with zero attached hydrogens (tertiary/aromatic N) is 1. The van der Waals surface area contributed by atoms with Gasteiger partial charge in [-0.15, -0.1) is 11.3 Å². The molecule has 0 spiro atoms. The molecule has 0 saturated carbocycles. The summed E-state index contributed by atoms with van der Waals surface area (Å²) in [6, 6.07) is 2.02. The fraction of sp³-hybridized carbons (Fsp3) is 0.600. The number of aliphatic carboxylic acids is 1. The molecular weight excluding hydrogens is 370 g/mol. The first-order valence-electron chi connectivity index (χ1n) is 7.33. The van der Waals surface area contributed by atoms with Gasteiger partial charge in [-0.05, 0) is 34.8 Å². The van der Waals surface area contributed by atoms with E-state index in [0.29, 0.717) is 45.6 Å². The Morgan fingerprint density at radius 1 is 1.55 bits per heavy atom. The number of fused-ring (bicyclic) bond motifs is 1. The summed E-state index contributed by atoms with van der Waals surface area (Å²) in [5.74, 6) is -0.837. The van der Waals surface area contributed by atoms with E-state index in [9.17, 15) is 14.7 Å². The van der Waals surface area contributed by atoms with Crippen molar-refractivity contribution in [2.24, 2.45) is 11.3 Å². The van der Waals surface area contributed by atoms with Crippen molar-refractivity contribution in [2.75, 3.05) is 26.3 Å². The van der Waals surface area contributed by atoms with Gasteiger partial charge in [-0.25, -0.2) is 0 Å². The lowest BCUT2D eigenvalue weighted by Gasteiger charge is -2.33. The van der Waals surface area contributed by atoms with E-state index in [1.165, 1.54) is 0 Å². The monoisotopic (exact) mass is 387 g/mol. The normalized spacial score (nSPS) is 27.7. The van der Waals surface area contributed by atoms with Gasteiger partial charge in [0.05, 0.1) is 12.0 Å². The zero-order valence-corrected chi connectivity index (χ0v) is 14.5. The first kappa shape index (κ1) is 16.0. The Hall–Kier alpha value is -0.920. The SMILES string of the molecule is O=C(CCc1cc(Br)cs1)N1C[C@H]2COCC[C@@]2(C(=O)O)C1. The number of likely N-dealkylation sites (tertiary alicyclic amines) is 1. The molecule has 3 heterocycles. The van der Waals surface area contributed by atoms with Crippen LogP contribution < -0.4 is 0 Å². The van der Waals surface area contributed by atoms with Crippen molar-refractivity contribution in [3.8, 4) is 0 Å². The number of aryl methyl sites for hydroxylation is 1. The van der Waals surface area contributed by atoms with Crippen molar-refractivity contribution >= 4 is 39.1 Å². The molecule has 0 aliphatic carbocycles. The zero-order valence-electron chi connectivity index (χ0n) is 12.1. The molecule has 2 saturated heterocycles. The Morgan fingerprint density at radius 3 is 3.00 bits per heavy atom. The van der Waals surface area contributed by atoms with Gasteiger partial charge in [0.25, 0.3) is 0 Å². The quantitative estimate of drug-likeness (QED) is 0.860. The molecule has 2 aliphatic rings. The zero-order chi connectivity index (χ0) is 15.7. The summed E-state index contributed by atoms with van der Waals surface area (Å²) in [6.45, 7) is 1.73. The second-order valence-corrected chi connectivity index (χ2v) is 7.90. The Bertz CT molecular complexity index is 590. The van der Waals surface area contributed by atoms with Crippen LogP contribution in [0.3, 0.4) is 0 Å². The van der Waals surface area contributed by atoms with E-state index in [0.717, 1.165) is 9.35 Å². The number of halogens is 1. The highest BCUT2D eigenvalue weighted by Crippen LogP contribution is 2.42. The predicted molar refractivity (Wildman–Crippen MR) is 85.9 cm³/mol. The van der Waals surface area contributed by atoms with Crippen LogP contribution in [0.5, 0.6) is 0 Å². The summed E-state index contributed by atoms with van der Waals surface area (Å²) < 4.78 is 6.45. The smallest absolute Gasteiger partial charge is 0.311 e. The lowest BCUT2D eigenvalue weighted by Crippen LogP contribution is -2.45. The molecule has 1 N–H and O–H groups in total. The van der Waals surface area contributed by atoms with Crippen LogP contribution in [0.15, 0.2) is 15.9 Å². The molecule has 7 heteroatoms. The van der Waals surface area contributed by atoms with Crippen molar-refractivity contribution < 1.29 is 19.4 Å². The van der Waals surface area contributed by atoms with Gasteiger partial charge in [-0.3, -0.25) is 9.59 Å². The maximum Gasteiger partial charge on any atom is 0.311 e. The molecule has 0 bridgehead atoms. The van der Waals surface area contributed by atoms with Crippen molar-refractivity contribution in [1.82, 2.24) is 4.90 Å². The third-order valence-electron chi connectivity index (χ3n) is 4.69. The molecule has 1 aromatic rings. The highest BCUT2D eigenvalue weighted by atomic mass is 79.9. The Kier molecular flexibility index (Phi) is 4.56.